The number of likely N-dealkylation sites (tertiary alicyclic amines) is 1. The van der Waals surface area contributed by atoms with Crippen molar-refractivity contribution in [1.29, 1.82) is 0 Å². The molecule has 0 radical (unpaired) electrons. The molecular weight excluding hydrogens is 393 g/mol. The zero-order valence-corrected chi connectivity index (χ0v) is 16.3. The number of para-hydroxylation sites is 1. The van der Waals surface area contributed by atoms with Gasteiger partial charge in [-0.2, -0.15) is 0 Å². The van der Waals surface area contributed by atoms with E-state index < -0.39 is 5.82 Å². The van der Waals surface area contributed by atoms with Gasteiger partial charge in [0.1, 0.15) is 5.82 Å². The Labute approximate surface area is 172 Å². The second-order valence-electron chi connectivity index (χ2n) is 7.07. The first-order valence-electron chi connectivity index (χ1n) is 9.42. The first-order valence-corrected chi connectivity index (χ1v) is 9.79. The minimum absolute atomic E-state index is 0.0353. The number of nitrogens with one attached hydrogen (secondary N) is 1. The fraction of sp³-hybridized carbons (Fsp3) is 0.227. The fourth-order valence-corrected chi connectivity index (χ4v) is 3.79. The van der Waals surface area contributed by atoms with Crippen molar-refractivity contribution in [1.82, 2.24) is 9.88 Å². The van der Waals surface area contributed by atoms with Crippen molar-refractivity contribution in [3.05, 3.63) is 71.1 Å². The zero-order valence-electron chi connectivity index (χ0n) is 15.6. The molecule has 3 aromatic rings. The number of pyridine rings is 1. The van der Waals surface area contributed by atoms with Gasteiger partial charge in [-0.15, -0.1) is 0 Å². The van der Waals surface area contributed by atoms with Crippen molar-refractivity contribution >= 4 is 40.0 Å². The molecule has 1 N–H and O–H groups in total. The Morgan fingerprint density at radius 3 is 2.62 bits per heavy atom. The summed E-state index contributed by atoms with van der Waals surface area (Å²) in [6.45, 7) is 0.981. The van der Waals surface area contributed by atoms with Crippen LogP contribution in [-0.2, 0) is 4.79 Å². The van der Waals surface area contributed by atoms with Gasteiger partial charge in [0.2, 0.25) is 5.91 Å². The Morgan fingerprint density at radius 2 is 1.86 bits per heavy atom. The number of hydrogen-bond donors (Lipinski definition) is 1. The Kier molecular flexibility index (Phi) is 5.45. The number of aromatic nitrogens is 1. The number of benzene rings is 2. The van der Waals surface area contributed by atoms with Crippen molar-refractivity contribution in [3.63, 3.8) is 0 Å². The molecular formula is C22H19ClFN3O2. The van der Waals surface area contributed by atoms with Crippen molar-refractivity contribution in [2.45, 2.75) is 12.8 Å². The van der Waals surface area contributed by atoms with E-state index in [2.05, 4.69) is 10.3 Å². The monoisotopic (exact) mass is 411 g/mol. The van der Waals surface area contributed by atoms with Gasteiger partial charge >= 0.3 is 0 Å². The van der Waals surface area contributed by atoms with Crippen molar-refractivity contribution in [2.24, 2.45) is 5.92 Å². The van der Waals surface area contributed by atoms with Crippen LogP contribution in [0, 0.1) is 11.7 Å². The van der Waals surface area contributed by atoms with Gasteiger partial charge < -0.3 is 10.2 Å². The van der Waals surface area contributed by atoms with E-state index in [9.17, 15) is 14.0 Å². The number of hydrogen-bond acceptors (Lipinski definition) is 3. The maximum atomic E-state index is 13.3. The average molecular weight is 412 g/mol. The predicted octanol–water partition coefficient (Wildman–Crippen LogP) is 4.52. The molecule has 2 amide bonds. The van der Waals surface area contributed by atoms with Crippen molar-refractivity contribution < 1.29 is 14.0 Å². The lowest BCUT2D eigenvalue weighted by Gasteiger charge is -2.31. The number of carbonyl (C=O) groups excluding carboxylic acids is 2. The molecule has 148 valence electrons. The number of rotatable bonds is 3. The van der Waals surface area contributed by atoms with Gasteiger partial charge in [0, 0.05) is 36.3 Å². The van der Waals surface area contributed by atoms with Crippen LogP contribution in [0.3, 0.4) is 0 Å². The molecule has 0 aliphatic carbocycles. The molecule has 4 rings (SSSR count). The fourth-order valence-electron chi connectivity index (χ4n) is 3.61. The molecule has 0 spiro atoms. The van der Waals surface area contributed by atoms with Gasteiger partial charge in [-0.1, -0.05) is 29.8 Å². The molecule has 1 fully saturated rings. The predicted molar refractivity (Wildman–Crippen MR) is 110 cm³/mol. The SMILES string of the molecule is O=C(Nc1ccc(F)c(Cl)c1)C1CCN(C(=O)c2cccc3cccnc23)CC1. The molecule has 2 heterocycles. The number of fused-ring (bicyclic) bond motifs is 1. The summed E-state index contributed by atoms with van der Waals surface area (Å²) in [5.41, 5.74) is 1.72. The summed E-state index contributed by atoms with van der Waals surface area (Å²) in [4.78, 5) is 31.6. The van der Waals surface area contributed by atoms with E-state index in [-0.39, 0.29) is 22.8 Å². The Morgan fingerprint density at radius 1 is 1.10 bits per heavy atom. The topological polar surface area (TPSA) is 62.3 Å². The minimum atomic E-state index is -0.528. The summed E-state index contributed by atoms with van der Waals surface area (Å²) in [6.07, 6.45) is 2.80. The summed E-state index contributed by atoms with van der Waals surface area (Å²) < 4.78 is 13.3. The summed E-state index contributed by atoms with van der Waals surface area (Å²) in [5, 5.41) is 3.66. The third-order valence-corrected chi connectivity index (χ3v) is 5.49. The van der Waals surface area contributed by atoms with Crippen LogP contribution in [0.4, 0.5) is 10.1 Å². The summed E-state index contributed by atoms with van der Waals surface area (Å²) in [7, 11) is 0. The molecule has 7 heteroatoms. The minimum Gasteiger partial charge on any atom is -0.339 e. The van der Waals surface area contributed by atoms with E-state index in [1.54, 1.807) is 17.2 Å². The van der Waals surface area contributed by atoms with Gasteiger partial charge in [0.15, 0.2) is 0 Å². The van der Waals surface area contributed by atoms with Gasteiger partial charge in [-0.3, -0.25) is 14.6 Å². The number of halogens is 2. The zero-order chi connectivity index (χ0) is 20.4. The number of piperidine rings is 1. The van der Waals surface area contributed by atoms with Crippen molar-refractivity contribution in [3.8, 4) is 0 Å². The van der Waals surface area contributed by atoms with Gasteiger partial charge in [-0.05, 0) is 43.2 Å². The molecule has 0 saturated carbocycles. The highest BCUT2D eigenvalue weighted by Gasteiger charge is 2.28. The van der Waals surface area contributed by atoms with Crippen molar-refractivity contribution in [2.75, 3.05) is 18.4 Å². The highest BCUT2D eigenvalue weighted by atomic mass is 35.5. The van der Waals surface area contributed by atoms with E-state index in [0.29, 0.717) is 42.7 Å². The lowest BCUT2D eigenvalue weighted by molar-refractivity contribution is -0.121. The maximum Gasteiger partial charge on any atom is 0.256 e. The molecule has 0 bridgehead atoms. The van der Waals surface area contributed by atoms with Crippen LogP contribution < -0.4 is 5.32 Å². The first-order chi connectivity index (χ1) is 14.0. The highest BCUT2D eigenvalue weighted by Crippen LogP contribution is 2.25. The smallest absolute Gasteiger partial charge is 0.256 e. The third-order valence-electron chi connectivity index (χ3n) is 5.20. The largest absolute Gasteiger partial charge is 0.339 e. The number of anilines is 1. The van der Waals surface area contributed by atoms with Crippen LogP contribution in [0.15, 0.2) is 54.7 Å². The second-order valence-corrected chi connectivity index (χ2v) is 7.47. The van der Waals surface area contributed by atoms with E-state index >= 15 is 0 Å². The van der Waals surface area contributed by atoms with Crippen LogP contribution >= 0.6 is 11.6 Å². The molecule has 2 aromatic carbocycles. The quantitative estimate of drug-likeness (QED) is 0.689. The van der Waals surface area contributed by atoms with Crippen LogP contribution in [0.2, 0.25) is 5.02 Å². The lowest BCUT2D eigenvalue weighted by atomic mass is 9.95. The molecule has 0 atom stereocenters. The maximum absolute atomic E-state index is 13.3. The number of carbonyl (C=O) groups is 2. The van der Waals surface area contributed by atoms with E-state index in [1.807, 2.05) is 24.3 Å². The van der Waals surface area contributed by atoms with Gasteiger partial charge in [0.05, 0.1) is 16.1 Å². The van der Waals surface area contributed by atoms with Crippen LogP contribution in [-0.4, -0.2) is 34.8 Å². The van der Waals surface area contributed by atoms with E-state index in [1.165, 1.54) is 18.2 Å². The Balaban J connectivity index is 1.40. The number of nitrogens with zero attached hydrogens (tertiary/aromatic N) is 2. The summed E-state index contributed by atoms with van der Waals surface area (Å²) in [6, 6.07) is 13.4. The number of amides is 2. The lowest BCUT2D eigenvalue weighted by Crippen LogP contribution is -2.41. The Bertz CT molecular complexity index is 1080. The molecule has 1 aliphatic rings. The molecule has 1 saturated heterocycles. The van der Waals surface area contributed by atoms with Crippen LogP contribution in [0.5, 0.6) is 0 Å². The Hall–Kier alpha value is -2.99. The molecule has 1 aliphatic heterocycles. The normalized spacial score (nSPS) is 14.8. The average Bonchev–Trinajstić information content (AvgIpc) is 2.75. The van der Waals surface area contributed by atoms with Crippen LogP contribution in [0.1, 0.15) is 23.2 Å². The summed E-state index contributed by atoms with van der Waals surface area (Å²) in [5.74, 6) is -0.960. The second kappa shape index (κ2) is 8.17. The molecule has 29 heavy (non-hydrogen) atoms. The molecule has 1 aromatic heterocycles. The van der Waals surface area contributed by atoms with E-state index in [4.69, 9.17) is 11.6 Å². The summed E-state index contributed by atoms with van der Waals surface area (Å²) >= 11 is 5.76. The standard InChI is InChI=1S/C22H19ClFN3O2/c23-18-13-16(6-7-19(18)24)26-21(28)15-8-11-27(12-9-15)22(29)17-5-1-3-14-4-2-10-25-20(14)17/h1-7,10,13,15H,8-9,11-12H2,(H,26,28). The van der Waals surface area contributed by atoms with Gasteiger partial charge in [0.25, 0.3) is 5.91 Å². The van der Waals surface area contributed by atoms with E-state index in [0.717, 1.165) is 5.39 Å². The first kappa shape index (κ1) is 19.3. The molecule has 0 unspecified atom stereocenters. The highest BCUT2D eigenvalue weighted by molar-refractivity contribution is 6.31. The van der Waals surface area contributed by atoms with Gasteiger partial charge in [-0.25, -0.2) is 4.39 Å². The third kappa shape index (κ3) is 4.07. The van der Waals surface area contributed by atoms with Crippen LogP contribution in [0.25, 0.3) is 10.9 Å². The molecule has 5 nitrogen and oxygen atoms in total.